The highest BCUT2D eigenvalue weighted by atomic mass is 16.2. The van der Waals surface area contributed by atoms with Gasteiger partial charge in [-0.1, -0.05) is 6.07 Å². The maximum atomic E-state index is 12.9. The first-order valence-corrected chi connectivity index (χ1v) is 10.5. The first-order valence-electron chi connectivity index (χ1n) is 10.5. The van der Waals surface area contributed by atoms with Crippen LogP contribution in [0.5, 0.6) is 0 Å². The molecule has 0 saturated carbocycles. The fourth-order valence-electron chi connectivity index (χ4n) is 3.99. The van der Waals surface area contributed by atoms with Crippen LogP contribution in [0.2, 0.25) is 0 Å². The second-order valence-electron chi connectivity index (χ2n) is 7.80. The fraction of sp³-hybridized carbons (Fsp3) is 0.348. The number of hydrogen-bond acceptors (Lipinski definition) is 6. The van der Waals surface area contributed by atoms with E-state index in [0.717, 1.165) is 47.8 Å². The van der Waals surface area contributed by atoms with E-state index in [1.165, 1.54) is 0 Å². The Bertz CT molecular complexity index is 1090. The lowest BCUT2D eigenvalue weighted by atomic mass is 9.94. The molecule has 1 unspecified atom stereocenters. The molecule has 0 spiro atoms. The highest BCUT2D eigenvalue weighted by Gasteiger charge is 2.27. The lowest BCUT2D eigenvalue weighted by Gasteiger charge is -2.32. The zero-order chi connectivity index (χ0) is 21.8. The predicted molar refractivity (Wildman–Crippen MR) is 120 cm³/mol. The summed E-state index contributed by atoms with van der Waals surface area (Å²) in [6, 6.07) is 5.68. The van der Waals surface area contributed by atoms with E-state index in [4.69, 9.17) is 0 Å². The van der Waals surface area contributed by atoms with Crippen LogP contribution in [-0.4, -0.2) is 48.6 Å². The first-order chi connectivity index (χ1) is 15.0. The van der Waals surface area contributed by atoms with Gasteiger partial charge in [0.05, 0.1) is 11.4 Å². The average molecular weight is 418 g/mol. The maximum absolute atomic E-state index is 12.9. The highest BCUT2D eigenvalue weighted by molar-refractivity contribution is 5.92. The van der Waals surface area contributed by atoms with Crippen LogP contribution in [0.25, 0.3) is 6.08 Å². The van der Waals surface area contributed by atoms with Crippen molar-refractivity contribution in [2.24, 2.45) is 7.05 Å². The second-order valence-corrected chi connectivity index (χ2v) is 7.80. The van der Waals surface area contributed by atoms with E-state index < -0.39 is 0 Å². The fourth-order valence-corrected chi connectivity index (χ4v) is 3.99. The van der Waals surface area contributed by atoms with Crippen molar-refractivity contribution in [1.29, 1.82) is 0 Å². The number of nitrogens with one attached hydrogen (secondary N) is 1. The lowest BCUT2D eigenvalue weighted by Crippen LogP contribution is -2.38. The van der Waals surface area contributed by atoms with Crippen LogP contribution < -0.4 is 5.32 Å². The van der Waals surface area contributed by atoms with Crippen LogP contribution in [0.15, 0.2) is 42.9 Å². The molecule has 160 valence electrons. The highest BCUT2D eigenvalue weighted by Crippen LogP contribution is 2.30. The van der Waals surface area contributed by atoms with Gasteiger partial charge in [0.15, 0.2) is 5.82 Å². The Labute approximate surface area is 182 Å². The van der Waals surface area contributed by atoms with E-state index in [2.05, 4.69) is 25.4 Å². The van der Waals surface area contributed by atoms with Crippen molar-refractivity contribution in [3.8, 4) is 0 Å². The molecule has 0 bridgehead atoms. The Morgan fingerprint density at radius 1 is 1.16 bits per heavy atom. The Morgan fingerprint density at radius 3 is 2.74 bits per heavy atom. The van der Waals surface area contributed by atoms with E-state index in [9.17, 15) is 4.79 Å². The Kier molecular flexibility index (Phi) is 6.06. The van der Waals surface area contributed by atoms with Gasteiger partial charge in [-0.2, -0.15) is 5.10 Å². The van der Waals surface area contributed by atoms with Gasteiger partial charge in [-0.05, 0) is 44.9 Å². The van der Waals surface area contributed by atoms with E-state index in [1.54, 1.807) is 24.7 Å². The number of aryl methyl sites for hydroxylation is 2. The number of rotatable bonds is 5. The first kappa shape index (κ1) is 20.7. The van der Waals surface area contributed by atoms with Crippen LogP contribution in [0.4, 0.5) is 11.6 Å². The van der Waals surface area contributed by atoms with Crippen LogP contribution in [0, 0.1) is 13.8 Å². The standard InChI is InChI=1S/C23H27N7O/c1-16-19(17(2)29(3)28-16)9-10-21(31)30-14-6-7-18(15-30)22-23(26-13-12-25-22)27-20-8-4-5-11-24-20/h4-5,8-13,18H,6-7,14-15H2,1-3H3,(H,24,26,27)/b10-9+. The normalized spacial score (nSPS) is 16.6. The van der Waals surface area contributed by atoms with Crippen LogP contribution in [-0.2, 0) is 11.8 Å². The van der Waals surface area contributed by atoms with Crippen LogP contribution in [0.1, 0.15) is 41.4 Å². The second kappa shape index (κ2) is 9.07. The Hall–Kier alpha value is -3.55. The van der Waals surface area contributed by atoms with Gasteiger partial charge in [0, 0.05) is 62.0 Å². The van der Waals surface area contributed by atoms with Gasteiger partial charge in [-0.15, -0.1) is 0 Å². The van der Waals surface area contributed by atoms with Gasteiger partial charge in [0.1, 0.15) is 5.82 Å². The van der Waals surface area contributed by atoms with Gasteiger partial charge < -0.3 is 10.2 Å². The molecule has 1 aliphatic rings. The Morgan fingerprint density at radius 2 is 2.00 bits per heavy atom. The minimum Gasteiger partial charge on any atom is -0.338 e. The molecule has 31 heavy (non-hydrogen) atoms. The third-order valence-corrected chi connectivity index (χ3v) is 5.72. The van der Waals surface area contributed by atoms with Crippen molar-refractivity contribution in [3.63, 3.8) is 0 Å². The van der Waals surface area contributed by atoms with Gasteiger partial charge >= 0.3 is 0 Å². The molecule has 0 aromatic carbocycles. The van der Waals surface area contributed by atoms with E-state index in [-0.39, 0.29) is 11.8 Å². The molecule has 1 N–H and O–H groups in total. The number of carbonyl (C=O) groups is 1. The van der Waals surface area contributed by atoms with Crippen molar-refractivity contribution in [2.75, 3.05) is 18.4 Å². The third-order valence-electron chi connectivity index (χ3n) is 5.72. The summed E-state index contributed by atoms with van der Waals surface area (Å²) in [5, 5.41) is 7.67. The molecular formula is C23H27N7O. The van der Waals surface area contributed by atoms with Gasteiger partial charge in [-0.3, -0.25) is 14.5 Å². The predicted octanol–water partition coefficient (Wildman–Crippen LogP) is 3.38. The number of aromatic nitrogens is 5. The number of likely N-dealkylation sites (tertiary alicyclic amines) is 1. The zero-order valence-corrected chi connectivity index (χ0v) is 18.1. The minimum atomic E-state index is 0.00970. The number of amides is 1. The third kappa shape index (κ3) is 4.63. The molecule has 0 aliphatic carbocycles. The molecule has 8 nitrogen and oxygen atoms in total. The molecule has 3 aromatic rings. The summed E-state index contributed by atoms with van der Waals surface area (Å²) in [6.07, 6.45) is 10.5. The average Bonchev–Trinajstić information content (AvgIpc) is 3.04. The SMILES string of the molecule is Cc1nn(C)c(C)c1/C=C/C(=O)N1CCCC(c2nccnc2Nc2ccccn2)C1. The molecule has 1 saturated heterocycles. The molecule has 0 radical (unpaired) electrons. The van der Waals surface area contributed by atoms with Crippen LogP contribution >= 0.6 is 0 Å². The molecule has 4 heterocycles. The number of hydrogen-bond donors (Lipinski definition) is 1. The summed E-state index contributed by atoms with van der Waals surface area (Å²) in [4.78, 5) is 28.2. The van der Waals surface area contributed by atoms with Crippen molar-refractivity contribution < 1.29 is 4.79 Å². The molecule has 4 rings (SSSR count). The van der Waals surface area contributed by atoms with Crippen molar-refractivity contribution in [1.82, 2.24) is 29.6 Å². The van der Waals surface area contributed by atoms with Crippen molar-refractivity contribution >= 4 is 23.6 Å². The van der Waals surface area contributed by atoms with Gasteiger partial charge in [0.25, 0.3) is 0 Å². The summed E-state index contributed by atoms with van der Waals surface area (Å²) in [6.45, 7) is 5.32. The summed E-state index contributed by atoms with van der Waals surface area (Å²) in [7, 11) is 1.91. The summed E-state index contributed by atoms with van der Waals surface area (Å²) in [5.41, 5.74) is 3.84. The zero-order valence-electron chi connectivity index (χ0n) is 18.1. The number of anilines is 2. The number of pyridine rings is 1. The van der Waals surface area contributed by atoms with E-state index >= 15 is 0 Å². The van der Waals surface area contributed by atoms with Crippen LogP contribution in [0.3, 0.4) is 0 Å². The topological polar surface area (TPSA) is 88.8 Å². The number of nitrogens with zero attached hydrogens (tertiary/aromatic N) is 6. The monoisotopic (exact) mass is 417 g/mol. The van der Waals surface area contributed by atoms with Gasteiger partial charge in [-0.25, -0.2) is 9.97 Å². The molecular weight excluding hydrogens is 390 g/mol. The molecule has 1 aliphatic heterocycles. The molecule has 3 aromatic heterocycles. The quantitative estimate of drug-likeness (QED) is 0.640. The number of carbonyl (C=O) groups excluding carboxylic acids is 1. The maximum Gasteiger partial charge on any atom is 0.246 e. The smallest absolute Gasteiger partial charge is 0.246 e. The largest absolute Gasteiger partial charge is 0.338 e. The van der Waals surface area contributed by atoms with E-state index in [0.29, 0.717) is 12.4 Å². The lowest BCUT2D eigenvalue weighted by molar-refractivity contribution is -0.127. The molecule has 8 heteroatoms. The molecule has 1 atom stereocenters. The summed E-state index contributed by atoms with van der Waals surface area (Å²) < 4.78 is 1.83. The van der Waals surface area contributed by atoms with E-state index in [1.807, 2.05) is 54.8 Å². The molecule has 1 amide bonds. The van der Waals surface area contributed by atoms with Gasteiger partial charge in [0.2, 0.25) is 5.91 Å². The molecule has 1 fully saturated rings. The Balaban J connectivity index is 1.49. The van der Waals surface area contributed by atoms with Crippen molar-refractivity contribution in [2.45, 2.75) is 32.6 Å². The summed E-state index contributed by atoms with van der Waals surface area (Å²) in [5.74, 6) is 1.54. The van der Waals surface area contributed by atoms with Crippen molar-refractivity contribution in [3.05, 3.63) is 65.5 Å². The summed E-state index contributed by atoms with van der Waals surface area (Å²) >= 11 is 0. The minimum absolute atomic E-state index is 0.00970. The number of piperidine rings is 1.